The molecule has 1 rings (SSSR count). The summed E-state index contributed by atoms with van der Waals surface area (Å²) < 4.78 is 0. The van der Waals surface area contributed by atoms with Crippen LogP contribution in [0.4, 0.5) is 0 Å². The highest BCUT2D eigenvalue weighted by Gasteiger charge is 2.13. The van der Waals surface area contributed by atoms with E-state index in [9.17, 15) is 5.11 Å². The van der Waals surface area contributed by atoms with E-state index in [2.05, 4.69) is 31.3 Å². The van der Waals surface area contributed by atoms with Crippen LogP contribution in [-0.2, 0) is 0 Å². The van der Waals surface area contributed by atoms with Gasteiger partial charge in [0.15, 0.2) is 0 Å². The molecule has 0 spiro atoms. The minimum atomic E-state index is -0.571. The van der Waals surface area contributed by atoms with Gasteiger partial charge in [-0.05, 0) is 52.8 Å². The van der Waals surface area contributed by atoms with Crippen molar-refractivity contribution < 1.29 is 5.11 Å². The van der Waals surface area contributed by atoms with Crippen molar-refractivity contribution in [3.8, 4) is 0 Å². The van der Waals surface area contributed by atoms with Crippen LogP contribution in [0.1, 0.15) is 43.0 Å². The average molecular weight is 227 g/mol. The van der Waals surface area contributed by atoms with Gasteiger partial charge in [-0.25, -0.2) is 0 Å². The Kier molecular flexibility index (Phi) is 4.32. The topological polar surface area (TPSA) is 32.3 Å². The molecule has 3 heteroatoms. The summed E-state index contributed by atoms with van der Waals surface area (Å²) in [7, 11) is 0. The van der Waals surface area contributed by atoms with Crippen molar-refractivity contribution in [2.75, 3.05) is 6.54 Å². The van der Waals surface area contributed by atoms with E-state index in [0.29, 0.717) is 6.04 Å². The Morgan fingerprint density at radius 3 is 2.60 bits per heavy atom. The van der Waals surface area contributed by atoms with Gasteiger partial charge < -0.3 is 10.4 Å². The quantitative estimate of drug-likeness (QED) is 0.810. The zero-order valence-electron chi connectivity index (χ0n) is 10.0. The number of nitrogens with one attached hydrogen (secondary N) is 1. The van der Waals surface area contributed by atoms with Crippen molar-refractivity contribution in [2.24, 2.45) is 0 Å². The molecule has 1 heterocycles. The number of hydrogen-bond donors (Lipinski definition) is 2. The van der Waals surface area contributed by atoms with Gasteiger partial charge in [0.1, 0.15) is 0 Å². The summed E-state index contributed by atoms with van der Waals surface area (Å²) in [5.41, 5.74) is -0.571. The molecule has 15 heavy (non-hydrogen) atoms. The lowest BCUT2D eigenvalue weighted by atomic mass is 10.1. The smallest absolute Gasteiger partial charge is 0.0603 e. The summed E-state index contributed by atoms with van der Waals surface area (Å²) in [5, 5.41) is 13.0. The lowest BCUT2D eigenvalue weighted by Crippen LogP contribution is -2.28. The highest BCUT2D eigenvalue weighted by atomic mass is 32.1. The molecule has 0 aromatic carbocycles. The Bertz CT molecular complexity index is 301. The van der Waals surface area contributed by atoms with E-state index in [-0.39, 0.29) is 0 Å². The Balaban J connectivity index is 2.34. The zero-order chi connectivity index (χ0) is 11.5. The van der Waals surface area contributed by atoms with Gasteiger partial charge in [0, 0.05) is 15.8 Å². The number of hydrogen-bond acceptors (Lipinski definition) is 3. The molecular formula is C12H21NOS. The van der Waals surface area contributed by atoms with Crippen molar-refractivity contribution >= 4 is 11.3 Å². The third kappa shape index (κ3) is 4.78. The predicted octanol–water partition coefficient (Wildman–Crippen LogP) is 2.87. The second kappa shape index (κ2) is 5.10. The number of thiophene rings is 1. The van der Waals surface area contributed by atoms with Gasteiger partial charge in [0.25, 0.3) is 0 Å². The minimum absolute atomic E-state index is 0.381. The Hall–Kier alpha value is -0.380. The SMILES string of the molecule is Cc1ccc(C(C)NCCC(C)(C)O)s1. The Labute approximate surface area is 96.3 Å². The highest BCUT2D eigenvalue weighted by Crippen LogP contribution is 2.22. The van der Waals surface area contributed by atoms with Crippen LogP contribution in [0.15, 0.2) is 12.1 Å². The molecule has 0 bridgehead atoms. The van der Waals surface area contributed by atoms with E-state index in [1.807, 2.05) is 25.2 Å². The molecule has 0 saturated carbocycles. The highest BCUT2D eigenvalue weighted by molar-refractivity contribution is 7.12. The summed E-state index contributed by atoms with van der Waals surface area (Å²) in [6.07, 6.45) is 0.779. The molecule has 0 fully saturated rings. The maximum absolute atomic E-state index is 9.57. The molecule has 0 aliphatic rings. The van der Waals surface area contributed by atoms with Crippen LogP contribution >= 0.6 is 11.3 Å². The summed E-state index contributed by atoms with van der Waals surface area (Å²) in [5.74, 6) is 0. The van der Waals surface area contributed by atoms with Gasteiger partial charge in [0.2, 0.25) is 0 Å². The lowest BCUT2D eigenvalue weighted by Gasteiger charge is -2.19. The van der Waals surface area contributed by atoms with Crippen LogP contribution < -0.4 is 5.32 Å². The largest absolute Gasteiger partial charge is 0.390 e. The molecule has 1 atom stereocenters. The van der Waals surface area contributed by atoms with Crippen molar-refractivity contribution in [1.82, 2.24) is 5.32 Å². The summed E-state index contributed by atoms with van der Waals surface area (Å²) >= 11 is 1.83. The fourth-order valence-corrected chi connectivity index (χ4v) is 2.29. The monoisotopic (exact) mass is 227 g/mol. The number of aliphatic hydroxyl groups is 1. The van der Waals surface area contributed by atoms with E-state index in [0.717, 1.165) is 13.0 Å². The molecule has 2 N–H and O–H groups in total. The predicted molar refractivity (Wildman–Crippen MR) is 66.4 cm³/mol. The van der Waals surface area contributed by atoms with E-state index < -0.39 is 5.60 Å². The third-order valence-corrected chi connectivity index (χ3v) is 3.56. The number of aryl methyl sites for hydroxylation is 1. The lowest BCUT2D eigenvalue weighted by molar-refractivity contribution is 0.0705. The van der Waals surface area contributed by atoms with E-state index in [1.165, 1.54) is 9.75 Å². The van der Waals surface area contributed by atoms with Gasteiger partial charge >= 0.3 is 0 Å². The van der Waals surface area contributed by atoms with Gasteiger partial charge in [-0.2, -0.15) is 0 Å². The first-order valence-electron chi connectivity index (χ1n) is 5.40. The van der Waals surface area contributed by atoms with Crippen LogP contribution in [-0.4, -0.2) is 17.3 Å². The molecule has 1 unspecified atom stereocenters. The molecule has 2 nitrogen and oxygen atoms in total. The molecular weight excluding hydrogens is 206 g/mol. The molecule has 1 aromatic rings. The van der Waals surface area contributed by atoms with E-state index in [1.54, 1.807) is 0 Å². The van der Waals surface area contributed by atoms with Gasteiger partial charge in [0.05, 0.1) is 5.60 Å². The Morgan fingerprint density at radius 2 is 2.13 bits per heavy atom. The first-order chi connectivity index (χ1) is 6.88. The van der Waals surface area contributed by atoms with Crippen molar-refractivity contribution in [3.05, 3.63) is 21.9 Å². The normalized spacial score (nSPS) is 14.2. The second-order valence-electron chi connectivity index (χ2n) is 4.69. The van der Waals surface area contributed by atoms with E-state index in [4.69, 9.17) is 0 Å². The average Bonchev–Trinajstić information content (AvgIpc) is 2.49. The Morgan fingerprint density at radius 1 is 1.47 bits per heavy atom. The maximum atomic E-state index is 9.57. The van der Waals surface area contributed by atoms with E-state index >= 15 is 0 Å². The van der Waals surface area contributed by atoms with Crippen molar-refractivity contribution in [1.29, 1.82) is 0 Å². The first kappa shape index (κ1) is 12.7. The summed E-state index contributed by atoms with van der Waals surface area (Å²) in [6.45, 7) is 8.82. The van der Waals surface area contributed by atoms with Gasteiger partial charge in [-0.3, -0.25) is 0 Å². The van der Waals surface area contributed by atoms with Crippen LogP contribution in [0.3, 0.4) is 0 Å². The van der Waals surface area contributed by atoms with Crippen LogP contribution in [0.25, 0.3) is 0 Å². The van der Waals surface area contributed by atoms with Gasteiger partial charge in [-0.1, -0.05) is 0 Å². The molecule has 0 saturated heterocycles. The first-order valence-corrected chi connectivity index (χ1v) is 6.22. The fraction of sp³-hybridized carbons (Fsp3) is 0.667. The van der Waals surface area contributed by atoms with Crippen LogP contribution in [0.5, 0.6) is 0 Å². The third-order valence-electron chi connectivity index (χ3n) is 2.38. The van der Waals surface area contributed by atoms with Crippen LogP contribution in [0, 0.1) is 6.92 Å². The molecule has 0 aliphatic carbocycles. The molecule has 0 amide bonds. The van der Waals surface area contributed by atoms with Crippen molar-refractivity contribution in [3.63, 3.8) is 0 Å². The minimum Gasteiger partial charge on any atom is -0.390 e. The summed E-state index contributed by atoms with van der Waals surface area (Å²) in [4.78, 5) is 2.71. The maximum Gasteiger partial charge on any atom is 0.0603 e. The standard InChI is InChI=1S/C12H21NOS/c1-9-5-6-11(15-9)10(2)13-8-7-12(3,4)14/h5-6,10,13-14H,7-8H2,1-4H3. The fourth-order valence-electron chi connectivity index (χ4n) is 1.38. The molecule has 1 aromatic heterocycles. The molecule has 86 valence electrons. The summed E-state index contributed by atoms with van der Waals surface area (Å²) in [6, 6.07) is 4.70. The van der Waals surface area contributed by atoms with Gasteiger partial charge in [-0.15, -0.1) is 11.3 Å². The zero-order valence-corrected chi connectivity index (χ0v) is 10.8. The van der Waals surface area contributed by atoms with Crippen LogP contribution in [0.2, 0.25) is 0 Å². The molecule has 0 radical (unpaired) electrons. The van der Waals surface area contributed by atoms with Crippen molar-refractivity contribution in [2.45, 2.75) is 45.8 Å². The number of rotatable bonds is 5. The second-order valence-corrected chi connectivity index (χ2v) is 6.01. The molecule has 0 aliphatic heterocycles.